The quantitative estimate of drug-likeness (QED) is 0.797. The van der Waals surface area contributed by atoms with Crippen LogP contribution < -0.4 is 15.1 Å². The zero-order valence-electron chi connectivity index (χ0n) is 16.0. The highest BCUT2D eigenvalue weighted by Crippen LogP contribution is 2.18. The summed E-state index contributed by atoms with van der Waals surface area (Å²) in [6, 6.07) is 15.5. The summed E-state index contributed by atoms with van der Waals surface area (Å²) in [6.07, 6.45) is 0. The molecule has 0 aliphatic heterocycles. The van der Waals surface area contributed by atoms with Gasteiger partial charge < -0.3 is 15.1 Å². The number of aryl methyl sites for hydroxylation is 2. The highest BCUT2D eigenvalue weighted by Gasteiger charge is 2.20. The minimum atomic E-state index is -0.0875. The second-order valence-electron chi connectivity index (χ2n) is 6.60. The lowest BCUT2D eigenvalue weighted by Gasteiger charge is -2.22. The molecule has 2 amide bonds. The van der Waals surface area contributed by atoms with Gasteiger partial charge in [-0.15, -0.1) is 0 Å². The first-order valence-corrected chi connectivity index (χ1v) is 8.95. The number of nitrogens with one attached hydrogen (secondary N) is 2. The normalized spacial score (nSPS) is 11.7. The van der Waals surface area contributed by atoms with Gasteiger partial charge in [-0.2, -0.15) is 0 Å². The van der Waals surface area contributed by atoms with Gasteiger partial charge in [0.15, 0.2) is 13.1 Å². The Bertz CT molecular complexity index is 739. The Hall–Kier alpha value is -2.66. The number of carbonyl (C=O) groups excluding carboxylic acids is 2. The van der Waals surface area contributed by atoms with E-state index in [0.29, 0.717) is 6.54 Å². The van der Waals surface area contributed by atoms with Crippen molar-refractivity contribution >= 4 is 23.2 Å². The fourth-order valence-electron chi connectivity index (χ4n) is 3.00. The minimum absolute atomic E-state index is 0.0103. The van der Waals surface area contributed by atoms with Crippen molar-refractivity contribution in [3.63, 3.8) is 0 Å². The number of carbonyl (C=O) groups is 2. The molecule has 2 aromatic rings. The second-order valence-corrected chi connectivity index (χ2v) is 6.60. The molecule has 0 aliphatic carbocycles. The maximum absolute atomic E-state index is 12.6. The van der Waals surface area contributed by atoms with Crippen molar-refractivity contribution in [3.05, 3.63) is 59.7 Å². The van der Waals surface area contributed by atoms with Crippen LogP contribution in [0.3, 0.4) is 0 Å². The van der Waals surface area contributed by atoms with Crippen molar-refractivity contribution in [2.75, 3.05) is 36.9 Å². The molecular formula is C21H28N3O2+. The number of hydrogen-bond acceptors (Lipinski definition) is 2. The van der Waals surface area contributed by atoms with Crippen LogP contribution in [-0.2, 0) is 9.59 Å². The monoisotopic (exact) mass is 354 g/mol. The molecule has 5 nitrogen and oxygen atoms in total. The zero-order valence-corrected chi connectivity index (χ0v) is 16.0. The minimum Gasteiger partial charge on any atom is -0.322 e. The van der Waals surface area contributed by atoms with E-state index in [2.05, 4.69) is 5.32 Å². The van der Waals surface area contributed by atoms with E-state index in [0.717, 1.165) is 27.4 Å². The van der Waals surface area contributed by atoms with Crippen LogP contribution in [0.15, 0.2) is 48.5 Å². The van der Waals surface area contributed by atoms with Gasteiger partial charge in [0.1, 0.15) is 0 Å². The van der Waals surface area contributed by atoms with Crippen molar-refractivity contribution < 1.29 is 14.5 Å². The molecule has 0 heterocycles. The van der Waals surface area contributed by atoms with Gasteiger partial charge in [0, 0.05) is 17.9 Å². The highest BCUT2D eigenvalue weighted by molar-refractivity contribution is 5.95. The van der Waals surface area contributed by atoms with Crippen LogP contribution in [-0.4, -0.2) is 38.5 Å². The molecule has 0 radical (unpaired) electrons. The number of hydrogen-bond donors (Lipinski definition) is 2. The predicted octanol–water partition coefficient (Wildman–Crippen LogP) is 1.81. The van der Waals surface area contributed by atoms with E-state index < -0.39 is 0 Å². The lowest BCUT2D eigenvalue weighted by molar-refractivity contribution is -0.862. The fraction of sp³-hybridized carbons (Fsp3) is 0.333. The summed E-state index contributed by atoms with van der Waals surface area (Å²) in [5.41, 5.74) is 3.81. The molecule has 0 fully saturated rings. The molecule has 5 heteroatoms. The van der Waals surface area contributed by atoms with Crippen molar-refractivity contribution in [2.45, 2.75) is 20.8 Å². The summed E-state index contributed by atoms with van der Waals surface area (Å²) in [5, 5.41) is 2.97. The van der Waals surface area contributed by atoms with Crippen LogP contribution in [0.2, 0.25) is 0 Å². The molecule has 0 aromatic heterocycles. The first-order chi connectivity index (χ1) is 12.4. The van der Waals surface area contributed by atoms with Gasteiger partial charge in [-0.1, -0.05) is 36.4 Å². The SMILES string of the molecule is CCN(C(=O)C[NH+](C)CC(=O)Nc1c(C)cccc1C)c1ccccc1. The molecule has 26 heavy (non-hydrogen) atoms. The van der Waals surface area contributed by atoms with Crippen molar-refractivity contribution in [1.82, 2.24) is 0 Å². The van der Waals surface area contributed by atoms with E-state index in [9.17, 15) is 9.59 Å². The van der Waals surface area contributed by atoms with Gasteiger partial charge >= 0.3 is 0 Å². The molecule has 0 aliphatic rings. The number of quaternary nitrogens is 1. The van der Waals surface area contributed by atoms with Gasteiger partial charge in [0.05, 0.1) is 7.05 Å². The van der Waals surface area contributed by atoms with E-state index in [-0.39, 0.29) is 24.9 Å². The Labute approximate surface area is 155 Å². The second kappa shape index (κ2) is 9.15. The summed E-state index contributed by atoms with van der Waals surface area (Å²) >= 11 is 0. The lowest BCUT2D eigenvalue weighted by atomic mass is 10.1. The number of amides is 2. The number of para-hydroxylation sites is 2. The first kappa shape index (κ1) is 19.7. The molecule has 2 rings (SSSR count). The first-order valence-electron chi connectivity index (χ1n) is 8.95. The summed E-state index contributed by atoms with van der Waals surface area (Å²) in [5.74, 6) is -0.0773. The number of nitrogens with zero attached hydrogens (tertiary/aromatic N) is 1. The van der Waals surface area contributed by atoms with Gasteiger partial charge in [-0.05, 0) is 44.0 Å². The van der Waals surface area contributed by atoms with Crippen molar-refractivity contribution in [2.24, 2.45) is 0 Å². The molecule has 0 saturated heterocycles. The molecule has 0 saturated carbocycles. The third kappa shape index (κ3) is 5.17. The zero-order chi connectivity index (χ0) is 19.1. The maximum atomic E-state index is 12.6. The predicted molar refractivity (Wildman–Crippen MR) is 106 cm³/mol. The Morgan fingerprint density at radius 1 is 0.962 bits per heavy atom. The fourth-order valence-corrected chi connectivity index (χ4v) is 3.00. The Morgan fingerprint density at radius 3 is 2.15 bits per heavy atom. The molecule has 2 N–H and O–H groups in total. The van der Waals surface area contributed by atoms with E-state index in [1.54, 1.807) is 4.90 Å². The Morgan fingerprint density at radius 2 is 1.58 bits per heavy atom. The number of likely N-dealkylation sites (N-methyl/N-ethyl adjacent to an activating group) is 2. The smallest absolute Gasteiger partial charge is 0.282 e. The number of benzene rings is 2. The molecule has 1 atom stereocenters. The summed E-state index contributed by atoms with van der Waals surface area (Å²) < 4.78 is 0. The summed E-state index contributed by atoms with van der Waals surface area (Å²) in [6.45, 7) is 7.01. The van der Waals surface area contributed by atoms with Crippen molar-refractivity contribution in [3.8, 4) is 0 Å². The van der Waals surface area contributed by atoms with E-state index in [1.807, 2.05) is 76.3 Å². The molecule has 2 aromatic carbocycles. The largest absolute Gasteiger partial charge is 0.322 e. The molecule has 0 spiro atoms. The standard InChI is InChI=1S/C21H27N3O2/c1-5-24(18-12-7-6-8-13-18)20(26)15-23(4)14-19(25)22-21-16(2)10-9-11-17(21)3/h6-13H,5,14-15H2,1-4H3,(H,22,25)/p+1. The average Bonchev–Trinajstić information content (AvgIpc) is 2.59. The molecule has 138 valence electrons. The maximum Gasteiger partial charge on any atom is 0.282 e. The summed E-state index contributed by atoms with van der Waals surface area (Å²) in [7, 11) is 1.86. The highest BCUT2D eigenvalue weighted by atomic mass is 16.2. The van der Waals surface area contributed by atoms with E-state index >= 15 is 0 Å². The third-order valence-electron chi connectivity index (χ3n) is 4.35. The van der Waals surface area contributed by atoms with Gasteiger partial charge in [-0.3, -0.25) is 9.59 Å². The van der Waals surface area contributed by atoms with Gasteiger partial charge in [0.2, 0.25) is 0 Å². The third-order valence-corrected chi connectivity index (χ3v) is 4.35. The van der Waals surface area contributed by atoms with Crippen LogP contribution in [0.25, 0.3) is 0 Å². The molecule has 1 unspecified atom stereocenters. The van der Waals surface area contributed by atoms with Crippen molar-refractivity contribution in [1.29, 1.82) is 0 Å². The van der Waals surface area contributed by atoms with Crippen LogP contribution in [0.4, 0.5) is 11.4 Å². The lowest BCUT2D eigenvalue weighted by Crippen LogP contribution is -3.11. The summed E-state index contributed by atoms with van der Waals surface area (Å²) in [4.78, 5) is 27.6. The van der Waals surface area contributed by atoms with E-state index in [1.165, 1.54) is 0 Å². The Kier molecular flexibility index (Phi) is 6.92. The van der Waals surface area contributed by atoms with Gasteiger partial charge in [-0.25, -0.2) is 0 Å². The topological polar surface area (TPSA) is 53.9 Å². The number of rotatable bonds is 7. The average molecular weight is 354 g/mol. The number of anilines is 2. The van der Waals surface area contributed by atoms with Crippen LogP contribution in [0, 0.1) is 13.8 Å². The Balaban J connectivity index is 1.94. The van der Waals surface area contributed by atoms with Crippen LogP contribution in [0.5, 0.6) is 0 Å². The molecule has 0 bridgehead atoms. The molecular weight excluding hydrogens is 326 g/mol. The van der Waals surface area contributed by atoms with Gasteiger partial charge in [0.25, 0.3) is 11.8 Å². The van der Waals surface area contributed by atoms with E-state index in [4.69, 9.17) is 0 Å². The van der Waals surface area contributed by atoms with Crippen LogP contribution >= 0.6 is 0 Å². The van der Waals surface area contributed by atoms with Crippen LogP contribution in [0.1, 0.15) is 18.1 Å².